The van der Waals surface area contributed by atoms with E-state index in [1.54, 1.807) is 29.2 Å². The molecule has 8 nitrogen and oxygen atoms in total. The van der Waals surface area contributed by atoms with Gasteiger partial charge in [0.2, 0.25) is 0 Å². The second kappa shape index (κ2) is 6.07. The van der Waals surface area contributed by atoms with Crippen molar-refractivity contribution in [1.82, 2.24) is 19.7 Å². The van der Waals surface area contributed by atoms with Gasteiger partial charge in [0.05, 0.1) is 6.54 Å². The zero-order valence-corrected chi connectivity index (χ0v) is 12.4. The predicted octanol–water partition coefficient (Wildman–Crippen LogP) is 1.01. The van der Waals surface area contributed by atoms with Crippen LogP contribution in [0.15, 0.2) is 41.7 Å². The van der Waals surface area contributed by atoms with Crippen molar-refractivity contribution in [3.05, 3.63) is 64.0 Å². The summed E-state index contributed by atoms with van der Waals surface area (Å²) in [5.74, 6) is -0.0572. The Hall–Kier alpha value is -3.91. The van der Waals surface area contributed by atoms with Gasteiger partial charge in [-0.3, -0.25) is 4.79 Å². The van der Waals surface area contributed by atoms with Crippen LogP contribution in [0, 0.1) is 22.7 Å². The summed E-state index contributed by atoms with van der Waals surface area (Å²) >= 11 is 0. The Bertz CT molecular complexity index is 1040. The summed E-state index contributed by atoms with van der Waals surface area (Å²) in [4.78, 5) is 18.2. The third kappa shape index (κ3) is 2.60. The van der Waals surface area contributed by atoms with E-state index < -0.39 is 5.56 Å². The topological polar surface area (TPSA) is 137 Å². The van der Waals surface area contributed by atoms with E-state index in [2.05, 4.69) is 15.1 Å². The van der Waals surface area contributed by atoms with Crippen molar-refractivity contribution < 1.29 is 0 Å². The lowest BCUT2D eigenvalue weighted by Gasteiger charge is -2.10. The molecular formula is C16H11N7O. The molecule has 0 amide bonds. The summed E-state index contributed by atoms with van der Waals surface area (Å²) in [6, 6.07) is 11.0. The van der Waals surface area contributed by atoms with Crippen molar-refractivity contribution in [2.24, 2.45) is 0 Å². The molecule has 2 heterocycles. The normalized spacial score (nSPS) is 10.1. The molecule has 0 unspecified atom stereocenters. The Kier molecular flexibility index (Phi) is 3.79. The van der Waals surface area contributed by atoms with Gasteiger partial charge in [-0.15, -0.1) is 0 Å². The number of aromatic amines is 1. The Morgan fingerprint density at radius 1 is 1.25 bits per heavy atom. The zero-order chi connectivity index (χ0) is 17.1. The van der Waals surface area contributed by atoms with Crippen LogP contribution in [-0.4, -0.2) is 19.7 Å². The van der Waals surface area contributed by atoms with Gasteiger partial charge in [0.25, 0.3) is 5.56 Å². The first-order valence-corrected chi connectivity index (χ1v) is 6.91. The molecule has 0 bridgehead atoms. The first-order chi connectivity index (χ1) is 11.6. The molecule has 0 radical (unpaired) electrons. The van der Waals surface area contributed by atoms with Gasteiger partial charge in [0.15, 0.2) is 0 Å². The molecule has 3 rings (SSSR count). The number of nitrogens with zero attached hydrogens (tertiary/aromatic N) is 5. The summed E-state index contributed by atoms with van der Waals surface area (Å²) in [5.41, 5.74) is 6.73. The van der Waals surface area contributed by atoms with Crippen LogP contribution in [0.5, 0.6) is 0 Å². The molecule has 0 saturated carbocycles. The Balaban J connectivity index is 2.18. The average Bonchev–Trinajstić information content (AvgIpc) is 3.07. The number of H-pyrrole nitrogens is 1. The van der Waals surface area contributed by atoms with Gasteiger partial charge in [-0.05, 0) is 17.2 Å². The number of rotatable bonds is 3. The number of nitriles is 2. The van der Waals surface area contributed by atoms with Crippen molar-refractivity contribution >= 4 is 5.82 Å². The highest BCUT2D eigenvalue weighted by atomic mass is 16.1. The second-order valence-corrected chi connectivity index (χ2v) is 5.01. The van der Waals surface area contributed by atoms with E-state index in [0.717, 1.165) is 5.56 Å². The Morgan fingerprint density at radius 3 is 2.71 bits per heavy atom. The van der Waals surface area contributed by atoms with Crippen LogP contribution in [0.2, 0.25) is 0 Å². The standard InChI is InChI=1S/C16H11N7O/c17-5-12-14(13(6-18)16(24)22-15(12)19)11-3-1-2-10(4-11)7-23-9-20-8-21-23/h1-4,8-9H,7H2,(H3,19,22,24). The molecule has 0 aliphatic heterocycles. The average molecular weight is 317 g/mol. The third-order valence-corrected chi connectivity index (χ3v) is 3.50. The molecule has 3 N–H and O–H groups in total. The van der Waals surface area contributed by atoms with Gasteiger partial charge in [-0.2, -0.15) is 15.6 Å². The fourth-order valence-electron chi connectivity index (χ4n) is 2.46. The van der Waals surface area contributed by atoms with Gasteiger partial charge in [0.1, 0.15) is 41.7 Å². The highest BCUT2D eigenvalue weighted by Gasteiger charge is 2.18. The number of nitrogens with two attached hydrogens (primary N) is 1. The van der Waals surface area contributed by atoms with E-state index in [9.17, 15) is 15.3 Å². The summed E-state index contributed by atoms with van der Waals surface area (Å²) in [7, 11) is 0. The molecule has 2 aromatic heterocycles. The van der Waals surface area contributed by atoms with E-state index in [1.807, 2.05) is 18.2 Å². The highest BCUT2D eigenvalue weighted by molar-refractivity contribution is 5.80. The lowest BCUT2D eigenvalue weighted by atomic mass is 9.95. The number of nitrogens with one attached hydrogen (secondary N) is 1. The minimum Gasteiger partial charge on any atom is -0.384 e. The molecule has 0 aliphatic rings. The molecular weight excluding hydrogens is 306 g/mol. The third-order valence-electron chi connectivity index (χ3n) is 3.50. The quantitative estimate of drug-likeness (QED) is 0.739. The Morgan fingerprint density at radius 2 is 2.04 bits per heavy atom. The maximum Gasteiger partial charge on any atom is 0.268 e. The van der Waals surface area contributed by atoms with Gasteiger partial charge < -0.3 is 10.7 Å². The van der Waals surface area contributed by atoms with E-state index in [0.29, 0.717) is 12.1 Å². The molecule has 24 heavy (non-hydrogen) atoms. The summed E-state index contributed by atoms with van der Waals surface area (Å²) in [6.07, 6.45) is 3.02. The first-order valence-electron chi connectivity index (χ1n) is 6.91. The van der Waals surface area contributed by atoms with Crippen LogP contribution in [0.3, 0.4) is 0 Å². The minimum absolute atomic E-state index is 0.0572. The minimum atomic E-state index is -0.620. The van der Waals surface area contributed by atoms with E-state index in [-0.39, 0.29) is 22.5 Å². The molecule has 0 atom stereocenters. The van der Waals surface area contributed by atoms with Crippen LogP contribution >= 0.6 is 0 Å². The number of anilines is 1. The number of nitrogen functional groups attached to an aromatic ring is 1. The van der Waals surface area contributed by atoms with Gasteiger partial charge in [0, 0.05) is 5.56 Å². The molecule has 0 fully saturated rings. The van der Waals surface area contributed by atoms with Crippen LogP contribution < -0.4 is 11.3 Å². The van der Waals surface area contributed by atoms with E-state index >= 15 is 0 Å². The van der Waals surface area contributed by atoms with Crippen LogP contribution in [-0.2, 0) is 6.54 Å². The van der Waals surface area contributed by atoms with E-state index in [4.69, 9.17) is 5.73 Å². The maximum absolute atomic E-state index is 12.0. The Labute approximate surface area is 136 Å². The lowest BCUT2D eigenvalue weighted by molar-refractivity contribution is 0.685. The number of hydrogen-bond acceptors (Lipinski definition) is 6. The van der Waals surface area contributed by atoms with Crippen molar-refractivity contribution in [2.75, 3.05) is 5.73 Å². The van der Waals surface area contributed by atoms with E-state index in [1.165, 1.54) is 6.33 Å². The van der Waals surface area contributed by atoms with Gasteiger partial charge in [-0.1, -0.05) is 18.2 Å². The van der Waals surface area contributed by atoms with Gasteiger partial charge >= 0.3 is 0 Å². The van der Waals surface area contributed by atoms with Crippen LogP contribution in [0.1, 0.15) is 16.7 Å². The molecule has 0 saturated heterocycles. The van der Waals surface area contributed by atoms with Crippen LogP contribution in [0.25, 0.3) is 11.1 Å². The first kappa shape index (κ1) is 15.0. The summed E-state index contributed by atoms with van der Waals surface area (Å²) < 4.78 is 1.64. The van der Waals surface area contributed by atoms with Crippen molar-refractivity contribution in [3.63, 3.8) is 0 Å². The number of hydrogen-bond donors (Lipinski definition) is 2. The molecule has 0 aliphatic carbocycles. The van der Waals surface area contributed by atoms with Crippen LogP contribution in [0.4, 0.5) is 5.82 Å². The lowest BCUT2D eigenvalue weighted by Crippen LogP contribution is -2.16. The van der Waals surface area contributed by atoms with Crippen molar-refractivity contribution in [2.45, 2.75) is 6.54 Å². The zero-order valence-electron chi connectivity index (χ0n) is 12.4. The fraction of sp³-hybridized carbons (Fsp3) is 0.0625. The fourth-order valence-corrected chi connectivity index (χ4v) is 2.46. The summed E-state index contributed by atoms with van der Waals surface area (Å²) in [5, 5.41) is 22.7. The summed E-state index contributed by atoms with van der Waals surface area (Å²) in [6.45, 7) is 0.469. The number of aromatic nitrogens is 4. The van der Waals surface area contributed by atoms with Gasteiger partial charge in [-0.25, -0.2) is 9.67 Å². The monoisotopic (exact) mass is 317 g/mol. The molecule has 1 aromatic carbocycles. The molecule has 3 aromatic rings. The number of pyridine rings is 1. The van der Waals surface area contributed by atoms with Crippen molar-refractivity contribution in [3.8, 4) is 23.3 Å². The second-order valence-electron chi connectivity index (χ2n) is 5.01. The SMILES string of the molecule is N#Cc1c(N)[nH]c(=O)c(C#N)c1-c1cccc(Cn2cncn2)c1. The largest absolute Gasteiger partial charge is 0.384 e. The number of benzene rings is 1. The molecule has 116 valence electrons. The maximum atomic E-state index is 12.0. The molecule has 8 heteroatoms. The molecule has 0 spiro atoms. The smallest absolute Gasteiger partial charge is 0.268 e. The predicted molar refractivity (Wildman–Crippen MR) is 85.5 cm³/mol. The highest BCUT2D eigenvalue weighted by Crippen LogP contribution is 2.28. The van der Waals surface area contributed by atoms with Crippen molar-refractivity contribution in [1.29, 1.82) is 10.5 Å².